The van der Waals surface area contributed by atoms with Gasteiger partial charge in [-0.1, -0.05) is 176 Å². The molecule has 3 heterocycles. The number of rotatable bonds is 5. The van der Waals surface area contributed by atoms with Crippen LogP contribution in [0, 0.1) is 0 Å². The summed E-state index contributed by atoms with van der Waals surface area (Å²) in [4.78, 5) is 16.0. The minimum Gasteiger partial charge on any atom is -0.292 e. The summed E-state index contributed by atoms with van der Waals surface area (Å²) in [6.07, 6.45) is 0. The van der Waals surface area contributed by atoms with E-state index in [9.17, 15) is 0 Å². The van der Waals surface area contributed by atoms with E-state index in [1.165, 1.54) is 16.2 Å². The number of benzene rings is 8. The second-order valence-electron chi connectivity index (χ2n) is 13.6. The summed E-state index contributed by atoms with van der Waals surface area (Å²) in [5, 5.41) is 6.96. The smallest absolute Gasteiger partial charge is 0.163 e. The van der Waals surface area contributed by atoms with Gasteiger partial charge in [0, 0.05) is 43.9 Å². The minimum atomic E-state index is 0.690. The van der Waals surface area contributed by atoms with E-state index in [2.05, 4.69) is 179 Å². The fourth-order valence-electron chi connectivity index (χ4n) is 8.11. The van der Waals surface area contributed by atoms with Crippen LogP contribution in [0.5, 0.6) is 0 Å². The fourth-order valence-corrected chi connectivity index (χ4v) is 8.11. The molecule has 11 aromatic rings. The zero-order valence-corrected chi connectivity index (χ0v) is 29.1. The molecule has 0 saturated heterocycles. The molecule has 5 heteroatoms. The van der Waals surface area contributed by atoms with Crippen LogP contribution in [0.1, 0.15) is 0 Å². The van der Waals surface area contributed by atoms with Crippen LogP contribution < -0.4 is 0 Å². The normalized spacial score (nSPS) is 11.7. The zero-order valence-electron chi connectivity index (χ0n) is 29.1. The van der Waals surface area contributed by atoms with Gasteiger partial charge in [0.15, 0.2) is 5.82 Å². The molecular formula is C49H31N5. The quantitative estimate of drug-likeness (QED) is 0.169. The molecule has 0 aliphatic rings. The van der Waals surface area contributed by atoms with E-state index in [1.807, 2.05) is 18.2 Å². The van der Waals surface area contributed by atoms with Crippen LogP contribution in [0.25, 0.3) is 100 Å². The van der Waals surface area contributed by atoms with Crippen molar-refractivity contribution >= 4 is 49.0 Å². The lowest BCUT2D eigenvalue weighted by atomic mass is 10.00. The van der Waals surface area contributed by atoms with Crippen molar-refractivity contribution in [2.75, 3.05) is 0 Å². The first-order valence-electron chi connectivity index (χ1n) is 18.2. The Morgan fingerprint density at radius 3 is 1.50 bits per heavy atom. The number of hydrogen-bond acceptors (Lipinski definition) is 3. The highest BCUT2D eigenvalue weighted by molar-refractivity contribution is 6.24. The van der Waals surface area contributed by atoms with Gasteiger partial charge in [-0.2, -0.15) is 0 Å². The van der Waals surface area contributed by atoms with Crippen molar-refractivity contribution in [3.05, 3.63) is 188 Å². The van der Waals surface area contributed by atoms with E-state index < -0.39 is 0 Å². The number of hydrogen-bond donors (Lipinski definition) is 0. The summed E-state index contributed by atoms with van der Waals surface area (Å²) in [5.74, 6) is 2.41. The van der Waals surface area contributed by atoms with Gasteiger partial charge in [-0.05, 0) is 28.5 Å². The van der Waals surface area contributed by atoms with Crippen LogP contribution in [-0.4, -0.2) is 23.9 Å². The van der Waals surface area contributed by atoms with Crippen molar-refractivity contribution in [1.29, 1.82) is 0 Å². The summed E-state index contributed by atoms with van der Waals surface area (Å²) >= 11 is 0. The molecule has 252 valence electrons. The van der Waals surface area contributed by atoms with Crippen LogP contribution >= 0.6 is 0 Å². The minimum absolute atomic E-state index is 0.690. The van der Waals surface area contributed by atoms with Gasteiger partial charge in [0.1, 0.15) is 17.3 Å². The Hall–Kier alpha value is -7.37. The van der Waals surface area contributed by atoms with E-state index in [0.29, 0.717) is 5.82 Å². The van der Waals surface area contributed by atoms with Crippen LogP contribution in [0.4, 0.5) is 0 Å². The highest BCUT2D eigenvalue weighted by Crippen LogP contribution is 2.41. The van der Waals surface area contributed by atoms with E-state index in [1.54, 1.807) is 0 Å². The highest BCUT2D eigenvalue weighted by atomic mass is 15.1. The Bertz CT molecular complexity index is 3180. The van der Waals surface area contributed by atoms with E-state index in [-0.39, 0.29) is 0 Å². The summed E-state index contributed by atoms with van der Waals surface area (Å²) in [6.45, 7) is 0. The van der Waals surface area contributed by atoms with Gasteiger partial charge in [-0.15, -0.1) is 0 Å². The monoisotopic (exact) mass is 689 g/mol. The molecule has 8 aromatic carbocycles. The molecule has 0 spiro atoms. The van der Waals surface area contributed by atoms with Crippen molar-refractivity contribution in [3.63, 3.8) is 0 Å². The second-order valence-corrected chi connectivity index (χ2v) is 13.6. The molecule has 0 N–H and O–H groups in total. The summed E-state index contributed by atoms with van der Waals surface area (Å²) in [6, 6.07) is 65.9. The molecule has 0 atom stereocenters. The van der Waals surface area contributed by atoms with Crippen LogP contribution in [-0.2, 0) is 0 Å². The van der Waals surface area contributed by atoms with Crippen LogP contribution in [0.2, 0.25) is 0 Å². The summed E-state index contributed by atoms with van der Waals surface area (Å²) in [7, 11) is 0. The third-order valence-corrected chi connectivity index (χ3v) is 10.5. The first kappa shape index (κ1) is 30.3. The molecule has 0 saturated carbocycles. The Morgan fingerprint density at radius 1 is 0.333 bits per heavy atom. The van der Waals surface area contributed by atoms with Gasteiger partial charge in [0.2, 0.25) is 0 Å². The summed E-state index contributed by atoms with van der Waals surface area (Å²) < 4.78 is 4.56. The average molecular weight is 690 g/mol. The largest absolute Gasteiger partial charge is 0.292 e. The molecule has 0 aliphatic carbocycles. The molecule has 5 nitrogen and oxygen atoms in total. The van der Waals surface area contributed by atoms with Gasteiger partial charge < -0.3 is 0 Å². The second kappa shape index (κ2) is 12.1. The molecule has 0 aliphatic heterocycles. The maximum Gasteiger partial charge on any atom is 0.163 e. The molecule has 0 amide bonds. The predicted molar refractivity (Wildman–Crippen MR) is 222 cm³/mol. The lowest BCUT2D eigenvalue weighted by molar-refractivity contribution is 1.05. The molecule has 0 bridgehead atoms. The Morgan fingerprint density at radius 2 is 0.833 bits per heavy atom. The van der Waals surface area contributed by atoms with Crippen molar-refractivity contribution in [3.8, 4) is 51.1 Å². The molecule has 0 radical (unpaired) electrons. The molecule has 11 rings (SSSR count). The molecule has 0 unspecified atom stereocenters. The topological polar surface area (TPSA) is 48.0 Å². The van der Waals surface area contributed by atoms with Crippen molar-refractivity contribution < 1.29 is 0 Å². The number of imidazole rings is 1. The number of fused-ring (bicyclic) bond motifs is 9. The van der Waals surface area contributed by atoms with Gasteiger partial charge in [0.25, 0.3) is 0 Å². The van der Waals surface area contributed by atoms with Crippen molar-refractivity contribution in [1.82, 2.24) is 23.9 Å². The van der Waals surface area contributed by atoms with E-state index in [4.69, 9.17) is 15.0 Å². The van der Waals surface area contributed by atoms with Gasteiger partial charge >= 0.3 is 0 Å². The maximum absolute atomic E-state index is 5.46. The van der Waals surface area contributed by atoms with E-state index in [0.717, 1.165) is 78.1 Å². The molecule has 3 aromatic heterocycles. The lowest BCUT2D eigenvalue weighted by Crippen LogP contribution is -2.03. The van der Waals surface area contributed by atoms with E-state index >= 15 is 0 Å². The molecule has 54 heavy (non-hydrogen) atoms. The number of para-hydroxylation sites is 1. The Labute approximate surface area is 311 Å². The number of aromatic nitrogens is 5. The lowest BCUT2D eigenvalue weighted by Gasteiger charge is -2.14. The average Bonchev–Trinajstić information content (AvgIpc) is 3.82. The maximum atomic E-state index is 5.46. The third kappa shape index (κ3) is 4.62. The van der Waals surface area contributed by atoms with Gasteiger partial charge in [-0.25, -0.2) is 15.0 Å². The molecule has 0 fully saturated rings. The van der Waals surface area contributed by atoms with Crippen LogP contribution in [0.3, 0.4) is 0 Å². The number of nitrogens with zero attached hydrogens (tertiary/aromatic N) is 5. The Kier molecular flexibility index (Phi) is 6.79. The first-order valence-corrected chi connectivity index (χ1v) is 18.2. The van der Waals surface area contributed by atoms with Crippen molar-refractivity contribution in [2.45, 2.75) is 0 Å². The standard InChI is InChI=1S/C49H31N5/c1-4-16-32(17-5-1)44-41-26-14-15-27-42(41)49-52-46(33-18-6-2-7-19-33)51-48(54(44)49)35-30-28-34(29-31-35)47-50-43-39-24-12-10-22-37(39)38-23-11-13-25-40(38)45(43)53(47)36-20-8-3-9-21-36/h1-31H. The van der Waals surface area contributed by atoms with Crippen molar-refractivity contribution in [2.24, 2.45) is 0 Å². The SMILES string of the molecule is c1ccc(-c2nc(-c3ccc(-c4nc5c6ccccc6c6ccccc6c5n4-c4ccccc4)cc3)n3c(-c4ccccc4)c4ccccc4c3n2)cc1. The van der Waals surface area contributed by atoms with Gasteiger partial charge in [0.05, 0.1) is 16.7 Å². The summed E-state index contributed by atoms with van der Waals surface area (Å²) in [5.41, 5.74) is 9.19. The fraction of sp³-hybridized carbons (Fsp3) is 0. The predicted octanol–water partition coefficient (Wildman–Crippen LogP) is 12.2. The van der Waals surface area contributed by atoms with Gasteiger partial charge in [-0.3, -0.25) is 8.97 Å². The Balaban J connectivity index is 1.18. The zero-order chi connectivity index (χ0) is 35.6. The molecular weight excluding hydrogens is 659 g/mol. The third-order valence-electron chi connectivity index (χ3n) is 10.5. The highest BCUT2D eigenvalue weighted by Gasteiger charge is 2.23. The first-order chi connectivity index (χ1) is 26.8. The van der Waals surface area contributed by atoms with Crippen LogP contribution in [0.15, 0.2) is 188 Å².